The van der Waals surface area contributed by atoms with Gasteiger partial charge in [0, 0.05) is 6.07 Å². The van der Waals surface area contributed by atoms with Crippen LogP contribution in [0.5, 0.6) is 0 Å². The topological polar surface area (TPSA) is 122 Å². The van der Waals surface area contributed by atoms with Crippen LogP contribution in [-0.2, 0) is 16.1 Å². The molecule has 1 aromatic rings. The molecule has 1 heterocycles. The minimum absolute atomic E-state index is 0.0389. The van der Waals surface area contributed by atoms with Crippen LogP contribution in [-0.4, -0.2) is 28.1 Å². The normalized spacial score (nSPS) is 11.8. The average Bonchev–Trinajstić information content (AvgIpc) is 2.27. The summed E-state index contributed by atoms with van der Waals surface area (Å²) in [6.45, 7) is -0.0389. The molecule has 1 rings (SSSR count). The number of nitrogens with zero attached hydrogens (tertiary/aromatic N) is 1. The first-order chi connectivity index (χ1) is 8.40. The SMILES string of the molecule is NC(=O)c1ccc[n+](CC(CC(=O)O)C(=O)O)c1. The van der Waals surface area contributed by atoms with Crippen molar-refractivity contribution >= 4 is 17.8 Å². The average molecular weight is 253 g/mol. The van der Waals surface area contributed by atoms with E-state index in [9.17, 15) is 14.4 Å². The number of amides is 1. The molecule has 0 spiro atoms. The molecule has 0 fully saturated rings. The summed E-state index contributed by atoms with van der Waals surface area (Å²) in [5.74, 6) is -4.08. The molecule has 0 aliphatic heterocycles. The Morgan fingerprint density at radius 1 is 1.33 bits per heavy atom. The summed E-state index contributed by atoms with van der Waals surface area (Å²) in [6.07, 6.45) is 2.45. The van der Waals surface area contributed by atoms with E-state index >= 15 is 0 Å². The number of carboxylic acids is 2. The number of primary amides is 1. The van der Waals surface area contributed by atoms with Crippen LogP contribution in [0.2, 0.25) is 0 Å². The number of hydrogen-bond acceptors (Lipinski definition) is 3. The van der Waals surface area contributed by atoms with E-state index in [2.05, 4.69) is 0 Å². The lowest BCUT2D eigenvalue weighted by Crippen LogP contribution is -2.41. The molecule has 4 N–H and O–H groups in total. The maximum atomic E-state index is 10.9. The minimum Gasteiger partial charge on any atom is -0.481 e. The van der Waals surface area contributed by atoms with Crippen LogP contribution < -0.4 is 10.3 Å². The smallest absolute Gasteiger partial charge is 0.313 e. The van der Waals surface area contributed by atoms with Gasteiger partial charge in [-0.15, -0.1) is 0 Å². The van der Waals surface area contributed by atoms with Crippen molar-refractivity contribution in [1.82, 2.24) is 0 Å². The fourth-order valence-electron chi connectivity index (χ4n) is 1.48. The molecule has 0 radical (unpaired) electrons. The molecule has 7 nitrogen and oxygen atoms in total. The van der Waals surface area contributed by atoms with Gasteiger partial charge in [0.1, 0.15) is 11.5 Å². The van der Waals surface area contributed by atoms with Crippen LogP contribution >= 0.6 is 0 Å². The maximum Gasteiger partial charge on any atom is 0.313 e. The monoisotopic (exact) mass is 253 g/mol. The second-order valence-corrected chi connectivity index (χ2v) is 3.79. The van der Waals surface area contributed by atoms with Gasteiger partial charge in [-0.2, -0.15) is 0 Å². The second-order valence-electron chi connectivity index (χ2n) is 3.79. The van der Waals surface area contributed by atoms with Crippen LogP contribution in [0.15, 0.2) is 24.5 Å². The fourth-order valence-corrected chi connectivity index (χ4v) is 1.48. The highest BCUT2D eigenvalue weighted by molar-refractivity contribution is 5.92. The van der Waals surface area contributed by atoms with Gasteiger partial charge in [0.25, 0.3) is 5.91 Å². The molecule has 7 heteroatoms. The Hall–Kier alpha value is -2.44. The molecular formula is C11H13N2O5+. The van der Waals surface area contributed by atoms with Gasteiger partial charge in [-0.1, -0.05) is 0 Å². The van der Waals surface area contributed by atoms with Gasteiger partial charge in [-0.3, -0.25) is 14.4 Å². The Morgan fingerprint density at radius 3 is 2.50 bits per heavy atom. The molecule has 0 aromatic carbocycles. The van der Waals surface area contributed by atoms with E-state index in [1.54, 1.807) is 12.3 Å². The highest BCUT2D eigenvalue weighted by Crippen LogP contribution is 2.04. The largest absolute Gasteiger partial charge is 0.481 e. The number of hydrogen-bond donors (Lipinski definition) is 3. The summed E-state index contributed by atoms with van der Waals surface area (Å²) in [6, 6.07) is 3.03. The van der Waals surface area contributed by atoms with Gasteiger partial charge in [-0.25, -0.2) is 4.57 Å². The molecular weight excluding hydrogens is 240 g/mol. The molecule has 0 aliphatic carbocycles. The van der Waals surface area contributed by atoms with E-state index < -0.39 is 30.2 Å². The number of carboxylic acid groups (broad SMARTS) is 2. The summed E-state index contributed by atoms with van der Waals surface area (Å²) in [4.78, 5) is 32.4. The Bertz CT molecular complexity index is 486. The van der Waals surface area contributed by atoms with Gasteiger partial charge in [0.2, 0.25) is 0 Å². The van der Waals surface area contributed by atoms with E-state index in [0.717, 1.165) is 0 Å². The molecule has 1 amide bonds. The molecule has 96 valence electrons. The number of aromatic nitrogens is 1. The van der Waals surface area contributed by atoms with Crippen molar-refractivity contribution in [3.63, 3.8) is 0 Å². The zero-order chi connectivity index (χ0) is 13.7. The standard InChI is InChI=1S/C11H12N2O5/c12-10(16)7-2-1-3-13(5-7)6-8(11(17)18)4-9(14)15/h1-3,5,8H,4,6H2,(H3-,12,14,15,16,17,18)/p+1. The quantitative estimate of drug-likeness (QED) is 0.576. The Morgan fingerprint density at radius 2 is 2.00 bits per heavy atom. The molecule has 1 unspecified atom stereocenters. The number of nitrogens with two attached hydrogens (primary N) is 1. The summed E-state index contributed by atoms with van der Waals surface area (Å²) in [5.41, 5.74) is 5.32. The van der Waals surface area contributed by atoms with Crippen molar-refractivity contribution in [2.75, 3.05) is 0 Å². The number of carbonyl (C=O) groups is 3. The zero-order valence-corrected chi connectivity index (χ0v) is 9.44. The first-order valence-electron chi connectivity index (χ1n) is 5.13. The summed E-state index contributed by atoms with van der Waals surface area (Å²) in [7, 11) is 0. The van der Waals surface area contributed by atoms with Crippen molar-refractivity contribution < 1.29 is 29.2 Å². The number of rotatable bonds is 6. The van der Waals surface area contributed by atoms with Crippen LogP contribution in [0.25, 0.3) is 0 Å². The predicted molar refractivity (Wildman–Crippen MR) is 58.5 cm³/mol. The minimum atomic E-state index is -1.20. The number of aliphatic carboxylic acids is 2. The maximum absolute atomic E-state index is 10.9. The van der Waals surface area contributed by atoms with Crippen molar-refractivity contribution in [3.05, 3.63) is 30.1 Å². The molecule has 18 heavy (non-hydrogen) atoms. The molecule has 0 bridgehead atoms. The van der Waals surface area contributed by atoms with E-state index in [4.69, 9.17) is 15.9 Å². The molecule has 1 aromatic heterocycles. The van der Waals surface area contributed by atoms with Crippen molar-refractivity contribution in [2.24, 2.45) is 11.7 Å². The van der Waals surface area contributed by atoms with E-state index in [1.807, 2.05) is 0 Å². The second kappa shape index (κ2) is 5.76. The molecule has 1 atom stereocenters. The first kappa shape index (κ1) is 13.6. The Kier molecular flexibility index (Phi) is 4.36. The lowest BCUT2D eigenvalue weighted by atomic mass is 10.1. The van der Waals surface area contributed by atoms with Crippen molar-refractivity contribution in [1.29, 1.82) is 0 Å². The highest BCUT2D eigenvalue weighted by atomic mass is 16.4. The molecule has 0 aliphatic rings. The summed E-state index contributed by atoms with van der Waals surface area (Å²) >= 11 is 0. The summed E-state index contributed by atoms with van der Waals surface area (Å²) in [5, 5.41) is 17.5. The van der Waals surface area contributed by atoms with Gasteiger partial charge in [0.15, 0.2) is 18.9 Å². The van der Waals surface area contributed by atoms with Crippen LogP contribution in [0.4, 0.5) is 0 Å². The third-order valence-corrected chi connectivity index (χ3v) is 2.34. The van der Waals surface area contributed by atoms with Crippen LogP contribution in [0.3, 0.4) is 0 Å². The Labute approximate surface area is 102 Å². The van der Waals surface area contributed by atoms with Gasteiger partial charge in [0.05, 0.1) is 6.42 Å². The number of carbonyl (C=O) groups excluding carboxylic acids is 1. The third-order valence-electron chi connectivity index (χ3n) is 2.34. The molecule has 0 saturated carbocycles. The van der Waals surface area contributed by atoms with Gasteiger partial charge >= 0.3 is 11.9 Å². The number of pyridine rings is 1. The lowest BCUT2D eigenvalue weighted by molar-refractivity contribution is -0.701. The van der Waals surface area contributed by atoms with E-state index in [-0.39, 0.29) is 12.1 Å². The van der Waals surface area contributed by atoms with Gasteiger partial charge < -0.3 is 15.9 Å². The highest BCUT2D eigenvalue weighted by Gasteiger charge is 2.25. The summed E-state index contributed by atoms with van der Waals surface area (Å²) < 4.78 is 1.43. The van der Waals surface area contributed by atoms with Crippen LogP contribution in [0.1, 0.15) is 16.8 Å². The predicted octanol–water partition coefficient (Wildman–Crippen LogP) is -0.751. The lowest BCUT2D eigenvalue weighted by Gasteiger charge is -2.06. The van der Waals surface area contributed by atoms with Gasteiger partial charge in [-0.05, 0) is 6.07 Å². The van der Waals surface area contributed by atoms with E-state index in [1.165, 1.54) is 16.8 Å². The molecule has 0 saturated heterocycles. The van der Waals surface area contributed by atoms with Crippen molar-refractivity contribution in [2.45, 2.75) is 13.0 Å². The fraction of sp³-hybridized carbons (Fsp3) is 0.273. The van der Waals surface area contributed by atoms with Crippen LogP contribution in [0, 0.1) is 5.92 Å². The van der Waals surface area contributed by atoms with E-state index in [0.29, 0.717) is 0 Å². The first-order valence-corrected chi connectivity index (χ1v) is 5.13. The Balaban J connectivity index is 2.86. The third kappa shape index (κ3) is 3.85. The zero-order valence-electron chi connectivity index (χ0n) is 9.44. The van der Waals surface area contributed by atoms with Crippen molar-refractivity contribution in [3.8, 4) is 0 Å².